The number of carbonyl (C=O) groups is 3. The monoisotopic (exact) mass is 664 g/mol. The molecule has 0 aromatic carbocycles. The Labute approximate surface area is 303 Å². The maximum Gasteiger partial charge on any atom is 2.00 e. The van der Waals surface area contributed by atoms with Crippen LogP contribution in [0.2, 0.25) is 0 Å². The van der Waals surface area contributed by atoms with Crippen molar-refractivity contribution in [3.05, 3.63) is 0 Å². The second-order valence-corrected chi connectivity index (χ2v) is 7.48. The van der Waals surface area contributed by atoms with Gasteiger partial charge >= 0.3 is 89.1 Å². The number of carboxylic acid groups (broad SMARTS) is 3. The van der Waals surface area contributed by atoms with E-state index in [-0.39, 0.29) is 89.1 Å². The number of aliphatic hydroxyl groups excluding tert-OH is 15. The van der Waals surface area contributed by atoms with Crippen molar-refractivity contribution in [1.29, 1.82) is 0 Å². The molecule has 0 bridgehead atoms. The van der Waals surface area contributed by atoms with E-state index < -0.39 is 111 Å². The number of hydrogen-bond donors (Lipinski definition) is 15. The van der Waals surface area contributed by atoms with Gasteiger partial charge in [-0.1, -0.05) is 0 Å². The molecule has 0 aliphatic rings. The summed E-state index contributed by atoms with van der Waals surface area (Å²) in [5.74, 6) is -5.93. The van der Waals surface area contributed by atoms with E-state index >= 15 is 0 Å². The number of carboxylic acids is 3. The van der Waals surface area contributed by atoms with E-state index in [1.54, 1.807) is 0 Å². The Morgan fingerprint density at radius 1 is 0.415 bits per heavy atom. The van der Waals surface area contributed by atoms with Crippen LogP contribution in [-0.2, 0) is 14.4 Å². The van der Waals surface area contributed by atoms with Gasteiger partial charge in [0.25, 0.3) is 0 Å². The van der Waals surface area contributed by atoms with Gasteiger partial charge in [-0.05, 0) is 0 Å². The van der Waals surface area contributed by atoms with Crippen molar-refractivity contribution >= 4 is 55.6 Å². The summed E-state index contributed by atoms with van der Waals surface area (Å²) in [5, 5.41) is 160. The van der Waals surface area contributed by atoms with Crippen LogP contribution in [0.15, 0.2) is 0 Å². The Morgan fingerprint density at radius 3 is 0.659 bits per heavy atom. The average molecular weight is 665 g/mol. The summed E-state index contributed by atoms with van der Waals surface area (Å²) in [6, 6.07) is 0. The third kappa shape index (κ3) is 20.4. The van der Waals surface area contributed by atoms with Gasteiger partial charge in [0.1, 0.15) is 73.2 Å². The van der Waals surface area contributed by atoms with Crippen LogP contribution < -0.4 is 66.7 Å². The minimum atomic E-state index is -2.31. The maximum absolute atomic E-state index is 9.98. The molecule has 41 heavy (non-hydrogen) atoms. The molecule has 0 aromatic heterocycles. The first-order chi connectivity index (χ1) is 17.7. The molecule has 0 heterocycles. The first-order valence-electron chi connectivity index (χ1n) is 10.4. The van der Waals surface area contributed by atoms with Crippen LogP contribution in [0.3, 0.4) is 0 Å². The summed E-state index contributed by atoms with van der Waals surface area (Å²) in [6.07, 6.45) is -24.2. The Kier molecular flexibility index (Phi) is 33.8. The van der Waals surface area contributed by atoms with E-state index in [2.05, 4.69) is 0 Å². The van der Waals surface area contributed by atoms with Crippen molar-refractivity contribution in [2.45, 2.75) is 73.2 Å². The molecule has 0 fully saturated rings. The zero-order chi connectivity index (χ0) is 31.8. The molecular weight excluding hydrogens is 631 g/mol. The molecule has 12 atom stereocenters. The molecule has 0 aromatic rings. The molecule has 0 rings (SSSR count). The zero-order valence-corrected chi connectivity index (χ0v) is 26.7. The van der Waals surface area contributed by atoms with Crippen LogP contribution in [0, 0.1) is 0 Å². The minimum absolute atomic E-state index is 0. The van der Waals surface area contributed by atoms with Crippen molar-refractivity contribution in [3.8, 4) is 0 Å². The van der Waals surface area contributed by atoms with Crippen LogP contribution in [0.25, 0.3) is 0 Å². The number of aliphatic carboxylic acids is 3. The van der Waals surface area contributed by atoms with Gasteiger partial charge in [0.05, 0.1) is 37.7 Å². The smallest absolute Gasteiger partial charge is 0.547 e. The van der Waals surface area contributed by atoms with Gasteiger partial charge in [-0.15, -0.1) is 0 Å². The standard InChI is InChI=1S/3C6H12O7.Ca.K/c3*7-1-2(8)3(9)4(10)5(11)6(12)13;;/h3*2-5,7-11H,1H2,(H,12,13);;/q;;;+2;+1/p-3/t3*2-,3-,4+,5-;;/m111../s1. The van der Waals surface area contributed by atoms with Gasteiger partial charge in [-0.2, -0.15) is 0 Å². The van der Waals surface area contributed by atoms with E-state index in [4.69, 9.17) is 76.6 Å². The first-order valence-corrected chi connectivity index (χ1v) is 10.4. The molecule has 0 aliphatic carbocycles. The molecule has 0 saturated carbocycles. The van der Waals surface area contributed by atoms with Crippen LogP contribution in [0.4, 0.5) is 0 Å². The fourth-order valence-corrected chi connectivity index (χ4v) is 1.99. The maximum atomic E-state index is 9.98. The molecule has 0 aliphatic heterocycles. The number of carbonyl (C=O) groups excluding carboxylic acids is 3. The van der Waals surface area contributed by atoms with Crippen LogP contribution in [0.1, 0.15) is 0 Å². The Balaban J connectivity index is -0.000000154. The van der Waals surface area contributed by atoms with Gasteiger partial charge < -0.3 is 106 Å². The molecule has 0 saturated heterocycles. The third-order valence-corrected chi connectivity index (χ3v) is 4.49. The summed E-state index contributed by atoms with van der Waals surface area (Å²) in [7, 11) is 0. The van der Waals surface area contributed by atoms with Gasteiger partial charge in [-0.3, -0.25) is 0 Å². The normalized spacial score (nSPS) is 19.4. The van der Waals surface area contributed by atoms with Crippen LogP contribution in [0.5, 0.6) is 0 Å². The van der Waals surface area contributed by atoms with Crippen molar-refractivity contribution in [3.63, 3.8) is 0 Å². The largest absolute Gasteiger partial charge is 2.00 e. The van der Waals surface area contributed by atoms with Gasteiger partial charge in [0.15, 0.2) is 0 Å². The molecule has 0 spiro atoms. The van der Waals surface area contributed by atoms with E-state index in [0.717, 1.165) is 0 Å². The summed E-state index contributed by atoms with van der Waals surface area (Å²) < 4.78 is 0. The number of hydrogen-bond acceptors (Lipinski definition) is 21. The Bertz CT molecular complexity index is 615. The van der Waals surface area contributed by atoms with E-state index in [1.165, 1.54) is 0 Å². The number of aliphatic hydroxyl groups is 15. The van der Waals surface area contributed by atoms with Gasteiger partial charge in [0, 0.05) is 0 Å². The van der Waals surface area contributed by atoms with Crippen LogP contribution >= 0.6 is 0 Å². The second kappa shape index (κ2) is 27.1. The summed E-state index contributed by atoms with van der Waals surface area (Å²) in [5.41, 5.74) is 0. The van der Waals surface area contributed by atoms with E-state index in [0.29, 0.717) is 0 Å². The number of rotatable bonds is 15. The first kappa shape index (κ1) is 51.3. The van der Waals surface area contributed by atoms with Crippen molar-refractivity contribution in [2.75, 3.05) is 19.8 Å². The predicted molar refractivity (Wildman–Crippen MR) is 114 cm³/mol. The molecular formula is C18H33CaKO21. The molecule has 0 amide bonds. The molecule has 23 heteroatoms. The topological polar surface area (TPSA) is 424 Å². The van der Waals surface area contributed by atoms with E-state index in [9.17, 15) is 29.7 Å². The average Bonchev–Trinajstić information content (AvgIpc) is 2.92. The third-order valence-electron chi connectivity index (χ3n) is 4.49. The van der Waals surface area contributed by atoms with Crippen molar-refractivity contribution in [1.82, 2.24) is 0 Å². The van der Waals surface area contributed by atoms with E-state index in [1.807, 2.05) is 0 Å². The molecule has 234 valence electrons. The minimum Gasteiger partial charge on any atom is -0.547 e. The summed E-state index contributed by atoms with van der Waals surface area (Å²) in [4.78, 5) is 29.9. The quantitative estimate of drug-likeness (QED) is 0.0722. The summed E-state index contributed by atoms with van der Waals surface area (Å²) in [6.45, 7) is -2.59. The molecule has 0 unspecified atom stereocenters. The Hall–Kier alpha value is 0.706. The molecule has 21 nitrogen and oxygen atoms in total. The second-order valence-electron chi connectivity index (χ2n) is 7.48. The van der Waals surface area contributed by atoms with Gasteiger partial charge in [-0.25, -0.2) is 0 Å². The zero-order valence-electron chi connectivity index (χ0n) is 21.4. The Morgan fingerprint density at radius 2 is 0.561 bits per heavy atom. The molecule has 15 N–H and O–H groups in total. The van der Waals surface area contributed by atoms with Crippen molar-refractivity contribution in [2.24, 2.45) is 0 Å². The fraction of sp³-hybridized carbons (Fsp3) is 0.833. The predicted octanol–water partition coefficient (Wildman–Crippen LogP) is -17.9. The fourth-order valence-electron chi connectivity index (χ4n) is 1.99. The van der Waals surface area contributed by atoms with Crippen LogP contribution in [-0.4, -0.2) is 225 Å². The molecule has 0 radical (unpaired) electrons. The van der Waals surface area contributed by atoms with Gasteiger partial charge in [0.2, 0.25) is 0 Å². The van der Waals surface area contributed by atoms with Crippen molar-refractivity contribution < 1.29 is 158 Å². The SMILES string of the molecule is O=C([O-])[C@H](O)[C@@H](O)[C@H](O)[C@H](O)CO.O=C([O-])[C@H](O)[C@@H](O)[C@H](O)[C@H](O)CO.O=C([O-])[C@H](O)[C@@H](O)[C@H](O)[C@H](O)CO.[Ca+2].[K+]. The summed E-state index contributed by atoms with van der Waals surface area (Å²) >= 11 is 0.